The summed E-state index contributed by atoms with van der Waals surface area (Å²) in [6.07, 6.45) is 5.72. The topological polar surface area (TPSA) is 56.2 Å². The van der Waals surface area contributed by atoms with Crippen LogP contribution in [0, 0.1) is 0 Å². The van der Waals surface area contributed by atoms with Crippen LogP contribution in [0.2, 0.25) is 0 Å². The number of thioether (sulfide) groups is 1. The second-order valence-electron chi connectivity index (χ2n) is 4.54. The van der Waals surface area contributed by atoms with E-state index in [1.807, 2.05) is 36.7 Å². The van der Waals surface area contributed by atoms with E-state index in [2.05, 4.69) is 9.97 Å². The molecule has 0 saturated heterocycles. The highest BCUT2D eigenvalue weighted by molar-refractivity contribution is 7.98. The zero-order chi connectivity index (χ0) is 11.6. The summed E-state index contributed by atoms with van der Waals surface area (Å²) in [7, 11) is 0. The van der Waals surface area contributed by atoms with Crippen molar-refractivity contribution in [2.75, 3.05) is 5.75 Å². The lowest BCUT2D eigenvalue weighted by Gasteiger charge is -2.16. The van der Waals surface area contributed by atoms with E-state index >= 15 is 0 Å². The Hall–Kier alpha value is -1.07. The maximum Gasteiger partial charge on any atom is 0.233 e. The zero-order valence-electron chi connectivity index (χ0n) is 9.55. The van der Waals surface area contributed by atoms with Crippen LogP contribution in [0.3, 0.4) is 0 Å². The Morgan fingerprint density at radius 3 is 3.00 bits per heavy atom. The number of nitrogens with two attached hydrogens (primary N) is 1. The number of fused-ring (bicyclic) bond motifs is 1. The quantitative estimate of drug-likeness (QED) is 0.878. The monoisotopic (exact) mass is 236 g/mol. The average Bonchev–Trinajstić information content (AvgIpc) is 2.57. The van der Waals surface area contributed by atoms with Gasteiger partial charge in [-0.2, -0.15) is 11.8 Å². The molecule has 2 aromatic heterocycles. The van der Waals surface area contributed by atoms with E-state index in [1.165, 1.54) is 0 Å². The Kier molecular flexibility index (Phi) is 3.16. The summed E-state index contributed by atoms with van der Waals surface area (Å²) in [4.78, 5) is 8.60. The second kappa shape index (κ2) is 4.43. The molecule has 0 amide bonds. The van der Waals surface area contributed by atoms with Crippen LogP contribution < -0.4 is 5.73 Å². The summed E-state index contributed by atoms with van der Waals surface area (Å²) in [6.45, 7) is 4.07. The summed E-state index contributed by atoms with van der Waals surface area (Å²) in [6, 6.07) is 1.90. The predicted octanol–water partition coefficient (Wildman–Crippen LogP) is 1.70. The molecular formula is C11H16N4S. The van der Waals surface area contributed by atoms with Gasteiger partial charge >= 0.3 is 0 Å². The molecule has 5 heteroatoms. The molecule has 0 unspecified atom stereocenters. The lowest BCUT2D eigenvalue weighted by atomic mass is 10.1. The molecular weight excluding hydrogens is 220 g/mol. The first kappa shape index (κ1) is 11.4. The van der Waals surface area contributed by atoms with E-state index in [9.17, 15) is 0 Å². The molecule has 4 nitrogen and oxygen atoms in total. The Morgan fingerprint density at radius 2 is 2.31 bits per heavy atom. The maximum atomic E-state index is 5.92. The lowest BCUT2D eigenvalue weighted by molar-refractivity contribution is 0.591. The fraction of sp³-hybridized carbons (Fsp3) is 0.455. The number of imidazole rings is 1. The Balaban J connectivity index is 2.00. The molecule has 2 heterocycles. The molecule has 0 spiro atoms. The largest absolute Gasteiger partial charge is 0.325 e. The Morgan fingerprint density at radius 1 is 1.50 bits per heavy atom. The normalized spacial score (nSPS) is 12.2. The van der Waals surface area contributed by atoms with Gasteiger partial charge in [0.15, 0.2) is 0 Å². The van der Waals surface area contributed by atoms with E-state index < -0.39 is 0 Å². The van der Waals surface area contributed by atoms with Gasteiger partial charge in [-0.1, -0.05) is 0 Å². The van der Waals surface area contributed by atoms with Crippen molar-refractivity contribution in [3.8, 4) is 0 Å². The lowest BCUT2D eigenvalue weighted by Crippen LogP contribution is -2.34. The molecule has 2 N–H and O–H groups in total. The van der Waals surface area contributed by atoms with Crippen molar-refractivity contribution in [1.82, 2.24) is 14.4 Å². The third-order valence-electron chi connectivity index (χ3n) is 2.01. The van der Waals surface area contributed by atoms with Gasteiger partial charge in [0.2, 0.25) is 5.78 Å². The van der Waals surface area contributed by atoms with Crippen LogP contribution in [0.4, 0.5) is 0 Å². The highest BCUT2D eigenvalue weighted by Crippen LogP contribution is 2.15. The van der Waals surface area contributed by atoms with Crippen molar-refractivity contribution >= 4 is 17.5 Å². The zero-order valence-corrected chi connectivity index (χ0v) is 10.4. The smallest absolute Gasteiger partial charge is 0.233 e. The van der Waals surface area contributed by atoms with Gasteiger partial charge in [0.25, 0.3) is 0 Å². The van der Waals surface area contributed by atoms with Gasteiger partial charge in [-0.15, -0.1) is 0 Å². The summed E-state index contributed by atoms with van der Waals surface area (Å²) < 4.78 is 1.93. The summed E-state index contributed by atoms with van der Waals surface area (Å²) in [5, 5.41) is 0. The maximum absolute atomic E-state index is 5.92. The third-order valence-corrected chi connectivity index (χ3v) is 3.46. The molecule has 0 atom stereocenters. The van der Waals surface area contributed by atoms with Crippen LogP contribution in [-0.4, -0.2) is 25.7 Å². The van der Waals surface area contributed by atoms with Crippen LogP contribution in [0.1, 0.15) is 19.5 Å². The predicted molar refractivity (Wildman–Crippen MR) is 67.4 cm³/mol. The summed E-state index contributed by atoms with van der Waals surface area (Å²) in [5.41, 5.74) is 6.84. The van der Waals surface area contributed by atoms with Gasteiger partial charge in [-0.3, -0.25) is 4.40 Å². The molecule has 2 rings (SSSR count). The number of hydrogen-bond donors (Lipinski definition) is 1. The van der Waals surface area contributed by atoms with Crippen molar-refractivity contribution < 1.29 is 0 Å². The fourth-order valence-corrected chi connectivity index (χ4v) is 2.34. The van der Waals surface area contributed by atoms with Crippen molar-refractivity contribution in [1.29, 1.82) is 0 Å². The standard InChI is InChI=1S/C11H16N4S/c1-11(2,12)8-16-7-9-6-15-5-3-4-13-10(15)14-9/h3-6H,7-8,12H2,1-2H3. The van der Waals surface area contributed by atoms with E-state index in [0.29, 0.717) is 0 Å². The van der Waals surface area contributed by atoms with Crippen LogP contribution in [0.25, 0.3) is 5.78 Å². The van der Waals surface area contributed by atoms with Crippen LogP contribution >= 0.6 is 11.8 Å². The molecule has 0 aliphatic heterocycles. The van der Waals surface area contributed by atoms with E-state index in [-0.39, 0.29) is 5.54 Å². The number of aromatic nitrogens is 3. The molecule has 0 fully saturated rings. The summed E-state index contributed by atoms with van der Waals surface area (Å²) >= 11 is 1.80. The number of nitrogens with zero attached hydrogens (tertiary/aromatic N) is 3. The molecule has 16 heavy (non-hydrogen) atoms. The van der Waals surface area contributed by atoms with Gasteiger partial charge in [-0.25, -0.2) is 9.97 Å². The van der Waals surface area contributed by atoms with Crippen LogP contribution in [0.5, 0.6) is 0 Å². The third kappa shape index (κ3) is 2.96. The number of rotatable bonds is 4. The van der Waals surface area contributed by atoms with E-state index in [0.717, 1.165) is 23.0 Å². The molecule has 2 aromatic rings. The van der Waals surface area contributed by atoms with Crippen LogP contribution in [-0.2, 0) is 5.75 Å². The van der Waals surface area contributed by atoms with Crippen molar-refractivity contribution in [2.45, 2.75) is 25.1 Å². The minimum Gasteiger partial charge on any atom is -0.325 e. The van der Waals surface area contributed by atoms with Crippen molar-refractivity contribution in [3.63, 3.8) is 0 Å². The van der Waals surface area contributed by atoms with Gasteiger partial charge in [0.05, 0.1) is 5.69 Å². The first-order valence-electron chi connectivity index (χ1n) is 5.20. The minimum absolute atomic E-state index is 0.123. The average molecular weight is 236 g/mol. The number of hydrogen-bond acceptors (Lipinski definition) is 4. The molecule has 0 aliphatic carbocycles. The Bertz CT molecular complexity index is 439. The van der Waals surface area contributed by atoms with Gasteiger partial charge in [0, 0.05) is 35.6 Å². The van der Waals surface area contributed by atoms with Gasteiger partial charge < -0.3 is 5.73 Å². The first-order valence-corrected chi connectivity index (χ1v) is 6.35. The molecule has 86 valence electrons. The second-order valence-corrected chi connectivity index (χ2v) is 5.53. The van der Waals surface area contributed by atoms with Crippen LogP contribution in [0.15, 0.2) is 24.7 Å². The molecule has 0 aromatic carbocycles. The molecule has 0 radical (unpaired) electrons. The SMILES string of the molecule is CC(C)(N)CSCc1cn2cccnc2n1. The van der Waals surface area contributed by atoms with Gasteiger partial charge in [0.1, 0.15) is 0 Å². The minimum atomic E-state index is -0.123. The van der Waals surface area contributed by atoms with Crippen molar-refractivity contribution in [3.05, 3.63) is 30.4 Å². The highest BCUT2D eigenvalue weighted by Gasteiger charge is 2.11. The van der Waals surface area contributed by atoms with E-state index in [1.54, 1.807) is 18.0 Å². The molecule has 0 bridgehead atoms. The fourth-order valence-electron chi connectivity index (χ4n) is 1.37. The molecule has 0 saturated carbocycles. The molecule has 0 aliphatic rings. The summed E-state index contributed by atoms with van der Waals surface area (Å²) in [5.74, 6) is 2.56. The highest BCUT2D eigenvalue weighted by atomic mass is 32.2. The Labute approximate surface area is 99.3 Å². The van der Waals surface area contributed by atoms with Crippen molar-refractivity contribution in [2.24, 2.45) is 5.73 Å². The van der Waals surface area contributed by atoms with E-state index in [4.69, 9.17) is 5.73 Å². The van der Waals surface area contributed by atoms with Gasteiger partial charge in [-0.05, 0) is 19.9 Å². The first-order chi connectivity index (χ1) is 7.54.